The molecule has 1 aromatic carbocycles. The van der Waals surface area contributed by atoms with Gasteiger partial charge in [-0.2, -0.15) is 0 Å². The molecule has 0 aliphatic carbocycles. The van der Waals surface area contributed by atoms with Gasteiger partial charge in [0.1, 0.15) is 5.75 Å². The first kappa shape index (κ1) is 15.8. The van der Waals surface area contributed by atoms with Gasteiger partial charge in [-0.3, -0.25) is 4.79 Å². The maximum Gasteiger partial charge on any atom is 0.263 e. The molecule has 0 saturated heterocycles. The second-order valence-electron chi connectivity index (χ2n) is 4.31. The van der Waals surface area contributed by atoms with Crippen LogP contribution < -0.4 is 4.74 Å². The van der Waals surface area contributed by atoms with Gasteiger partial charge in [-0.25, -0.2) is 0 Å². The molecule has 1 amide bonds. The fourth-order valence-electron chi connectivity index (χ4n) is 1.79. The van der Waals surface area contributed by atoms with Gasteiger partial charge in [0.2, 0.25) is 0 Å². The Morgan fingerprint density at radius 2 is 2.21 bits per heavy atom. The summed E-state index contributed by atoms with van der Waals surface area (Å²) in [6.07, 6.45) is -0.591. The Labute approximate surface area is 118 Å². The average Bonchev–Trinajstić information content (AvgIpc) is 2.38. The maximum absolute atomic E-state index is 12.1. The smallest absolute Gasteiger partial charge is 0.263 e. The van der Waals surface area contributed by atoms with Crippen molar-refractivity contribution >= 4 is 17.5 Å². The van der Waals surface area contributed by atoms with Gasteiger partial charge in [0, 0.05) is 18.1 Å². The minimum atomic E-state index is -0.591. The molecule has 0 aliphatic rings. The molecule has 0 heterocycles. The minimum Gasteiger partial charge on any atom is -0.481 e. The van der Waals surface area contributed by atoms with Gasteiger partial charge in [-0.05, 0) is 44.5 Å². The van der Waals surface area contributed by atoms with Crippen LogP contribution in [0.15, 0.2) is 18.2 Å². The van der Waals surface area contributed by atoms with Crippen molar-refractivity contribution in [3.8, 4) is 5.75 Å². The average molecular weight is 286 g/mol. The van der Waals surface area contributed by atoms with Crippen molar-refractivity contribution in [3.05, 3.63) is 28.8 Å². The van der Waals surface area contributed by atoms with Crippen LogP contribution in [0.2, 0.25) is 5.02 Å². The highest BCUT2D eigenvalue weighted by Crippen LogP contribution is 2.23. The van der Waals surface area contributed by atoms with Crippen LogP contribution in [0.4, 0.5) is 0 Å². The molecule has 0 fully saturated rings. The standard InChI is InChI=1S/C14H20ClNO3/c1-4-16(7-8-17)14(18)11(3)19-13-6-5-12(15)9-10(13)2/h5-6,9,11,17H,4,7-8H2,1-3H3. The van der Waals surface area contributed by atoms with E-state index in [1.807, 2.05) is 13.8 Å². The number of hydrogen-bond donors (Lipinski definition) is 1. The molecule has 0 aromatic heterocycles. The summed E-state index contributed by atoms with van der Waals surface area (Å²) in [5.74, 6) is 0.510. The zero-order chi connectivity index (χ0) is 14.4. The molecule has 1 unspecified atom stereocenters. The predicted octanol–water partition coefficient (Wildman–Crippen LogP) is 2.26. The number of halogens is 1. The van der Waals surface area contributed by atoms with Crippen LogP contribution in [0.3, 0.4) is 0 Å². The van der Waals surface area contributed by atoms with Crippen molar-refractivity contribution in [2.75, 3.05) is 19.7 Å². The lowest BCUT2D eigenvalue weighted by molar-refractivity contribution is -0.138. The topological polar surface area (TPSA) is 49.8 Å². The Balaban J connectivity index is 2.72. The van der Waals surface area contributed by atoms with E-state index in [0.717, 1.165) is 5.56 Å². The molecule has 1 N–H and O–H groups in total. The van der Waals surface area contributed by atoms with Crippen LogP contribution in [0, 0.1) is 6.92 Å². The summed E-state index contributed by atoms with van der Waals surface area (Å²) in [5, 5.41) is 9.55. The molecule has 1 atom stereocenters. The van der Waals surface area contributed by atoms with Crippen LogP contribution in [-0.2, 0) is 4.79 Å². The molecular formula is C14H20ClNO3. The number of amides is 1. The van der Waals surface area contributed by atoms with E-state index in [0.29, 0.717) is 23.9 Å². The van der Waals surface area contributed by atoms with Crippen molar-refractivity contribution in [3.63, 3.8) is 0 Å². The second-order valence-corrected chi connectivity index (χ2v) is 4.75. The number of hydrogen-bond acceptors (Lipinski definition) is 3. The monoisotopic (exact) mass is 285 g/mol. The van der Waals surface area contributed by atoms with Gasteiger partial charge in [-0.15, -0.1) is 0 Å². The highest BCUT2D eigenvalue weighted by molar-refractivity contribution is 6.30. The Morgan fingerprint density at radius 3 is 2.74 bits per heavy atom. The Hall–Kier alpha value is -1.26. The number of rotatable bonds is 6. The first-order chi connectivity index (χ1) is 8.99. The fraction of sp³-hybridized carbons (Fsp3) is 0.500. The van der Waals surface area contributed by atoms with Crippen LogP contribution in [0.5, 0.6) is 5.75 Å². The van der Waals surface area contributed by atoms with Crippen molar-refractivity contribution < 1.29 is 14.6 Å². The van der Waals surface area contributed by atoms with Gasteiger partial charge < -0.3 is 14.7 Å². The zero-order valence-electron chi connectivity index (χ0n) is 11.5. The summed E-state index contributed by atoms with van der Waals surface area (Å²) in [4.78, 5) is 13.7. The van der Waals surface area contributed by atoms with Crippen LogP contribution in [-0.4, -0.2) is 41.7 Å². The third-order valence-corrected chi connectivity index (χ3v) is 3.09. The van der Waals surface area contributed by atoms with E-state index in [1.165, 1.54) is 0 Å². The number of carbonyl (C=O) groups is 1. The summed E-state index contributed by atoms with van der Waals surface area (Å²) in [6, 6.07) is 5.27. The Kier molecular flexibility index (Phi) is 6.12. The molecule has 0 aliphatic heterocycles. The van der Waals surface area contributed by atoms with Crippen molar-refractivity contribution in [1.29, 1.82) is 0 Å². The normalized spacial score (nSPS) is 12.1. The summed E-state index contributed by atoms with van der Waals surface area (Å²) >= 11 is 5.87. The van der Waals surface area contributed by atoms with E-state index in [9.17, 15) is 4.79 Å². The van der Waals surface area contributed by atoms with Crippen LogP contribution in [0.25, 0.3) is 0 Å². The molecule has 1 aromatic rings. The Bertz CT molecular complexity index is 437. The van der Waals surface area contributed by atoms with Gasteiger partial charge >= 0.3 is 0 Å². The molecule has 5 heteroatoms. The van der Waals surface area contributed by atoms with E-state index in [2.05, 4.69) is 0 Å². The van der Waals surface area contributed by atoms with Crippen LogP contribution in [0.1, 0.15) is 19.4 Å². The second kappa shape index (κ2) is 7.36. The molecule has 0 radical (unpaired) electrons. The molecule has 106 valence electrons. The maximum atomic E-state index is 12.1. The van der Waals surface area contributed by atoms with E-state index in [1.54, 1.807) is 30.0 Å². The van der Waals surface area contributed by atoms with Crippen molar-refractivity contribution in [2.45, 2.75) is 26.9 Å². The summed E-state index contributed by atoms with van der Waals surface area (Å²) < 4.78 is 5.66. The number of benzene rings is 1. The number of carbonyl (C=O) groups excluding carboxylic acids is 1. The largest absolute Gasteiger partial charge is 0.481 e. The third kappa shape index (κ3) is 4.40. The van der Waals surface area contributed by atoms with Gasteiger partial charge in [-0.1, -0.05) is 11.6 Å². The number of nitrogens with zero attached hydrogens (tertiary/aromatic N) is 1. The third-order valence-electron chi connectivity index (χ3n) is 2.85. The van der Waals surface area contributed by atoms with Crippen molar-refractivity contribution in [2.24, 2.45) is 0 Å². The first-order valence-corrected chi connectivity index (χ1v) is 6.69. The lowest BCUT2D eigenvalue weighted by Gasteiger charge is -2.24. The van der Waals surface area contributed by atoms with Crippen molar-refractivity contribution in [1.82, 2.24) is 4.90 Å². The summed E-state index contributed by atoms with van der Waals surface area (Å²) in [7, 11) is 0. The number of ether oxygens (including phenoxy) is 1. The number of aryl methyl sites for hydroxylation is 1. The quantitative estimate of drug-likeness (QED) is 0.872. The molecule has 0 bridgehead atoms. The highest BCUT2D eigenvalue weighted by Gasteiger charge is 2.21. The van der Waals surface area contributed by atoms with Gasteiger partial charge in [0.25, 0.3) is 5.91 Å². The van der Waals surface area contributed by atoms with E-state index < -0.39 is 6.10 Å². The molecular weight excluding hydrogens is 266 g/mol. The van der Waals surface area contributed by atoms with E-state index in [4.69, 9.17) is 21.4 Å². The molecule has 0 saturated carbocycles. The highest BCUT2D eigenvalue weighted by atomic mass is 35.5. The predicted molar refractivity (Wildman–Crippen MR) is 75.6 cm³/mol. The van der Waals surface area contributed by atoms with E-state index in [-0.39, 0.29) is 12.5 Å². The SMILES string of the molecule is CCN(CCO)C(=O)C(C)Oc1ccc(Cl)cc1C. The number of aliphatic hydroxyl groups excluding tert-OH is 1. The first-order valence-electron chi connectivity index (χ1n) is 6.32. The summed E-state index contributed by atoms with van der Waals surface area (Å²) in [5.41, 5.74) is 0.886. The fourth-order valence-corrected chi connectivity index (χ4v) is 2.01. The summed E-state index contributed by atoms with van der Waals surface area (Å²) in [6.45, 7) is 6.27. The zero-order valence-corrected chi connectivity index (χ0v) is 12.3. The number of aliphatic hydroxyl groups is 1. The van der Waals surface area contributed by atoms with Gasteiger partial charge in [0.05, 0.1) is 6.61 Å². The molecule has 0 spiro atoms. The van der Waals surface area contributed by atoms with Gasteiger partial charge in [0.15, 0.2) is 6.10 Å². The van der Waals surface area contributed by atoms with E-state index >= 15 is 0 Å². The molecule has 4 nitrogen and oxygen atoms in total. The molecule has 19 heavy (non-hydrogen) atoms. The minimum absolute atomic E-state index is 0.0493. The Morgan fingerprint density at radius 1 is 1.53 bits per heavy atom. The van der Waals surface area contributed by atoms with Crippen LogP contribution >= 0.6 is 11.6 Å². The molecule has 1 rings (SSSR count). The lowest BCUT2D eigenvalue weighted by atomic mass is 10.2. The number of likely N-dealkylation sites (N-methyl/N-ethyl adjacent to an activating group) is 1. The lowest BCUT2D eigenvalue weighted by Crippen LogP contribution is -2.41.